The zero-order chi connectivity index (χ0) is 5.98. The third-order valence-corrected chi connectivity index (χ3v) is 1.64. The molecule has 1 rings (SSSR count). The smallest absolute Gasteiger partial charge is 0.208 e. The average Bonchev–Trinajstić information content (AvgIpc) is 1.77. The normalized spacial score (nSPS) is 8.00. The molecule has 0 amide bonds. The van der Waals surface area contributed by atoms with Crippen LogP contribution in [0.3, 0.4) is 0 Å². The van der Waals surface area contributed by atoms with Crippen LogP contribution < -0.4 is 3.69 Å². The molecule has 0 atom stereocenters. The molecule has 3 heteroatoms. The molecule has 45 valence electrons. The van der Waals surface area contributed by atoms with Gasteiger partial charge >= 0.3 is 0 Å². The minimum absolute atomic E-state index is 0. The van der Waals surface area contributed by atoms with Crippen molar-refractivity contribution in [2.45, 2.75) is 0 Å². The summed E-state index contributed by atoms with van der Waals surface area (Å²) in [4.78, 5) is 0. The molecule has 1 aromatic rings. The first-order valence-electron chi connectivity index (χ1n) is 2.36. The van der Waals surface area contributed by atoms with Crippen molar-refractivity contribution in [3.63, 3.8) is 0 Å². The highest BCUT2D eigenvalue weighted by Gasteiger charge is 1.80. The molecule has 0 bridgehead atoms. The van der Waals surface area contributed by atoms with Crippen LogP contribution >= 0.6 is 28.6 Å². The van der Waals surface area contributed by atoms with E-state index in [9.17, 15) is 0 Å². The van der Waals surface area contributed by atoms with Gasteiger partial charge in [-0.15, -0.1) is 17.0 Å². The summed E-state index contributed by atoms with van der Waals surface area (Å²) in [6, 6.07) is 7.79. The van der Waals surface area contributed by atoms with Crippen molar-refractivity contribution in [2.75, 3.05) is 0 Å². The Morgan fingerprint density at radius 3 is 1.89 bits per heavy atom. The summed E-state index contributed by atoms with van der Waals surface area (Å²) < 4.78 is 1.27. The van der Waals surface area contributed by atoms with E-state index in [1.54, 1.807) is 0 Å². The molecule has 0 aliphatic heterocycles. The number of halogens is 2. The SMILES string of the molecule is Br.[Mg][c]1ccc(Cl)cc1. The van der Waals surface area contributed by atoms with Gasteiger partial charge in [-0.2, -0.15) is 0 Å². The maximum atomic E-state index is 5.61. The van der Waals surface area contributed by atoms with E-state index in [1.165, 1.54) is 3.69 Å². The van der Waals surface area contributed by atoms with E-state index < -0.39 is 0 Å². The van der Waals surface area contributed by atoms with Gasteiger partial charge in [0.15, 0.2) is 0 Å². The molecule has 0 unspecified atom stereocenters. The Labute approximate surface area is 82.8 Å². The van der Waals surface area contributed by atoms with Crippen molar-refractivity contribution in [2.24, 2.45) is 0 Å². The number of rotatable bonds is 0. The van der Waals surface area contributed by atoms with Gasteiger partial charge in [0.2, 0.25) is 0 Å². The van der Waals surface area contributed by atoms with Crippen LogP contribution in [-0.2, 0) is 0 Å². The molecular weight excluding hydrogens is 212 g/mol. The fraction of sp³-hybridized carbons (Fsp3) is 0. The molecule has 0 aliphatic rings. The van der Waals surface area contributed by atoms with Crippen molar-refractivity contribution in [1.29, 1.82) is 0 Å². The molecular formula is C6H5BrClMg. The summed E-state index contributed by atoms with van der Waals surface area (Å²) in [7, 11) is 0. The van der Waals surface area contributed by atoms with Crippen molar-refractivity contribution in [1.82, 2.24) is 0 Å². The highest BCUT2D eigenvalue weighted by molar-refractivity contribution is 8.93. The topological polar surface area (TPSA) is 0 Å². The molecule has 0 saturated carbocycles. The lowest BCUT2D eigenvalue weighted by Crippen LogP contribution is -1.97. The standard InChI is InChI=1S/C6H4Cl.BrH.Mg/c7-6-4-2-1-3-5-6;;/h2-5H;1H;. The molecule has 0 saturated heterocycles. The van der Waals surface area contributed by atoms with E-state index in [0.29, 0.717) is 0 Å². The Hall–Kier alpha value is 0.756. The van der Waals surface area contributed by atoms with Crippen LogP contribution in [-0.4, -0.2) is 21.7 Å². The van der Waals surface area contributed by atoms with Crippen molar-refractivity contribution in [3.8, 4) is 0 Å². The van der Waals surface area contributed by atoms with Crippen LogP contribution in [0, 0.1) is 0 Å². The van der Waals surface area contributed by atoms with Gasteiger partial charge in [-0.3, -0.25) is 0 Å². The highest BCUT2D eigenvalue weighted by atomic mass is 79.9. The average molecular weight is 217 g/mol. The van der Waals surface area contributed by atoms with Gasteiger partial charge in [0, 0.05) is 5.02 Å². The molecule has 9 heavy (non-hydrogen) atoms. The summed E-state index contributed by atoms with van der Waals surface area (Å²) in [6.45, 7) is 0. The second-order valence-electron chi connectivity index (χ2n) is 1.63. The summed E-state index contributed by atoms with van der Waals surface area (Å²) in [5, 5.41) is 0.806. The van der Waals surface area contributed by atoms with E-state index in [0.717, 1.165) is 5.02 Å². The minimum Gasteiger partial charge on any atom is -0.208 e. The Balaban J connectivity index is 0.000000640. The molecule has 0 heterocycles. The number of hydrogen-bond donors (Lipinski definition) is 0. The zero-order valence-electron chi connectivity index (χ0n) is 4.80. The molecule has 0 nitrogen and oxygen atoms in total. The van der Waals surface area contributed by atoms with Crippen LogP contribution in [0.15, 0.2) is 24.3 Å². The largest absolute Gasteiger partial charge is 0.276 e. The second kappa shape index (κ2) is 4.55. The minimum atomic E-state index is 0. The van der Waals surface area contributed by atoms with Crippen LogP contribution in [0.1, 0.15) is 0 Å². The first-order valence-corrected chi connectivity index (χ1v) is 3.45. The zero-order valence-corrected chi connectivity index (χ0v) is 8.69. The van der Waals surface area contributed by atoms with E-state index in [2.05, 4.69) is 0 Å². The first-order chi connectivity index (χ1) is 3.79. The van der Waals surface area contributed by atoms with E-state index >= 15 is 0 Å². The van der Waals surface area contributed by atoms with Crippen LogP contribution in [0.4, 0.5) is 0 Å². The fourth-order valence-electron chi connectivity index (χ4n) is 0.484. The Morgan fingerprint density at radius 1 is 1.11 bits per heavy atom. The maximum absolute atomic E-state index is 5.61. The van der Waals surface area contributed by atoms with Crippen molar-refractivity contribution >= 4 is 54.0 Å². The third-order valence-electron chi connectivity index (χ3n) is 0.913. The lowest BCUT2D eigenvalue weighted by molar-refractivity contribution is 1.77. The Morgan fingerprint density at radius 2 is 1.56 bits per heavy atom. The lowest BCUT2D eigenvalue weighted by atomic mass is 10.4. The first kappa shape index (κ1) is 9.76. The van der Waals surface area contributed by atoms with Crippen LogP contribution in [0.5, 0.6) is 0 Å². The van der Waals surface area contributed by atoms with Gasteiger partial charge in [0.1, 0.15) is 0 Å². The monoisotopic (exact) mass is 215 g/mol. The predicted molar refractivity (Wildman–Crippen MR) is 47.2 cm³/mol. The quantitative estimate of drug-likeness (QED) is 0.580. The van der Waals surface area contributed by atoms with Gasteiger partial charge in [-0.25, -0.2) is 3.69 Å². The van der Waals surface area contributed by atoms with Crippen molar-refractivity contribution in [3.05, 3.63) is 29.3 Å². The Bertz CT molecular complexity index is 152. The molecule has 0 spiro atoms. The summed E-state index contributed by atoms with van der Waals surface area (Å²) in [5.74, 6) is 0. The van der Waals surface area contributed by atoms with Crippen molar-refractivity contribution < 1.29 is 0 Å². The number of benzene rings is 1. The fourth-order valence-corrected chi connectivity index (χ4v) is 0.846. The molecule has 0 fully saturated rings. The van der Waals surface area contributed by atoms with Crippen LogP contribution in [0.2, 0.25) is 5.02 Å². The number of hydrogen-bond acceptors (Lipinski definition) is 0. The molecule has 1 radical (unpaired) electrons. The van der Waals surface area contributed by atoms with Gasteiger partial charge in [-0.1, -0.05) is 23.7 Å². The summed E-state index contributed by atoms with van der Waals surface area (Å²) in [6.07, 6.45) is 0. The summed E-state index contributed by atoms with van der Waals surface area (Å²) >= 11 is 7.47. The maximum Gasteiger partial charge on any atom is 0.276 e. The molecule has 0 aromatic heterocycles. The van der Waals surface area contributed by atoms with Gasteiger partial charge < -0.3 is 0 Å². The molecule has 1 aromatic carbocycles. The van der Waals surface area contributed by atoms with E-state index in [4.69, 9.17) is 11.6 Å². The highest BCUT2D eigenvalue weighted by Crippen LogP contribution is 2.02. The van der Waals surface area contributed by atoms with Gasteiger partial charge in [0.25, 0.3) is 21.7 Å². The Kier molecular flexibility index (Phi) is 4.94. The molecule has 0 aliphatic carbocycles. The predicted octanol–water partition coefficient (Wildman–Crippen LogP) is 1.71. The van der Waals surface area contributed by atoms with E-state index in [-0.39, 0.29) is 17.0 Å². The van der Waals surface area contributed by atoms with Gasteiger partial charge in [-0.05, 0) is 12.1 Å². The third kappa shape index (κ3) is 3.45. The van der Waals surface area contributed by atoms with Gasteiger partial charge in [0.05, 0.1) is 0 Å². The lowest BCUT2D eigenvalue weighted by Gasteiger charge is -1.90. The molecule has 0 N–H and O–H groups in total. The van der Waals surface area contributed by atoms with Crippen LogP contribution in [0.25, 0.3) is 0 Å². The van der Waals surface area contributed by atoms with E-state index in [1.807, 2.05) is 46.0 Å². The second-order valence-corrected chi connectivity index (χ2v) is 2.88. The summed E-state index contributed by atoms with van der Waals surface area (Å²) in [5.41, 5.74) is 0.